The van der Waals surface area contributed by atoms with Gasteiger partial charge >= 0.3 is 0 Å². The fourth-order valence-electron chi connectivity index (χ4n) is 2.63. The Hall–Kier alpha value is -2.35. The van der Waals surface area contributed by atoms with Crippen molar-refractivity contribution in [3.63, 3.8) is 0 Å². The Morgan fingerprint density at radius 3 is 2.55 bits per heavy atom. The molecule has 1 heterocycles. The Morgan fingerprint density at radius 1 is 1.10 bits per heavy atom. The van der Waals surface area contributed by atoms with Crippen molar-refractivity contribution in [2.75, 3.05) is 0 Å². The smallest absolute Gasteiger partial charge is 0.227 e. The zero-order valence-corrected chi connectivity index (χ0v) is 11.8. The molecule has 0 amide bonds. The maximum Gasteiger partial charge on any atom is 0.227 e. The van der Waals surface area contributed by atoms with Gasteiger partial charge in [0.05, 0.1) is 5.52 Å². The van der Waals surface area contributed by atoms with E-state index in [0.29, 0.717) is 0 Å². The Labute approximate surface area is 118 Å². The van der Waals surface area contributed by atoms with Gasteiger partial charge < -0.3 is 0 Å². The molecular formula is C18H17NO. The van der Waals surface area contributed by atoms with Crippen LogP contribution in [-0.2, 0) is 6.42 Å². The summed E-state index contributed by atoms with van der Waals surface area (Å²) in [6.45, 7) is 3.68. The summed E-state index contributed by atoms with van der Waals surface area (Å²) in [6, 6.07) is 16.6. The second kappa shape index (κ2) is 4.97. The van der Waals surface area contributed by atoms with Crippen molar-refractivity contribution in [2.24, 2.45) is 0 Å². The Morgan fingerprint density at radius 2 is 1.85 bits per heavy atom. The van der Waals surface area contributed by atoms with Crippen LogP contribution >= 0.6 is 0 Å². The van der Waals surface area contributed by atoms with Gasteiger partial charge in [-0.05, 0) is 36.6 Å². The molecule has 3 rings (SSSR count). The van der Waals surface area contributed by atoms with Crippen LogP contribution in [0.1, 0.15) is 28.4 Å². The number of carbonyl (C=O) groups is 1. The maximum atomic E-state index is 11.8. The number of benzene rings is 2. The molecule has 0 unspecified atom stereocenters. The van der Waals surface area contributed by atoms with E-state index < -0.39 is 0 Å². The summed E-state index contributed by atoms with van der Waals surface area (Å²) in [5.41, 5.74) is 4.67. The van der Waals surface area contributed by atoms with Gasteiger partial charge in [-0.25, -0.2) is 0 Å². The van der Waals surface area contributed by atoms with Crippen LogP contribution in [0.5, 0.6) is 0 Å². The fourth-order valence-corrected chi connectivity index (χ4v) is 2.63. The molecule has 20 heavy (non-hydrogen) atoms. The molecule has 0 saturated carbocycles. The molecule has 3 aromatic rings. The van der Waals surface area contributed by atoms with Gasteiger partial charge in [0, 0.05) is 18.5 Å². The van der Waals surface area contributed by atoms with Crippen LogP contribution in [0.4, 0.5) is 0 Å². The zero-order chi connectivity index (χ0) is 14.1. The molecular weight excluding hydrogens is 246 g/mol. The van der Waals surface area contributed by atoms with Gasteiger partial charge in [0.1, 0.15) is 0 Å². The Kier molecular flexibility index (Phi) is 3.15. The minimum atomic E-state index is 0.0539. The largest absolute Gasteiger partial charge is 0.287 e. The average molecular weight is 263 g/mol. The minimum Gasteiger partial charge on any atom is -0.287 e. The summed E-state index contributed by atoms with van der Waals surface area (Å²) < 4.78 is 1.74. The third-order valence-electron chi connectivity index (χ3n) is 3.62. The van der Waals surface area contributed by atoms with Crippen molar-refractivity contribution in [3.05, 3.63) is 71.4 Å². The van der Waals surface area contributed by atoms with Crippen molar-refractivity contribution in [3.8, 4) is 0 Å². The maximum absolute atomic E-state index is 11.8. The summed E-state index contributed by atoms with van der Waals surface area (Å²) >= 11 is 0. The first kappa shape index (κ1) is 12.7. The standard InChI is InChI=1S/C18H17NO/c1-13-8-9-18-17(10-13)16(12-19(18)14(2)20)11-15-6-4-3-5-7-15/h3-10,12H,11H2,1-2H3. The summed E-state index contributed by atoms with van der Waals surface area (Å²) in [4.78, 5) is 11.8. The van der Waals surface area contributed by atoms with Gasteiger partial charge in [0.2, 0.25) is 5.91 Å². The molecule has 0 aliphatic carbocycles. The van der Waals surface area contributed by atoms with Crippen molar-refractivity contribution in [1.82, 2.24) is 4.57 Å². The summed E-state index contributed by atoms with van der Waals surface area (Å²) in [6.07, 6.45) is 2.82. The van der Waals surface area contributed by atoms with Crippen LogP contribution in [0.15, 0.2) is 54.7 Å². The Bertz CT molecular complexity index is 769. The van der Waals surface area contributed by atoms with E-state index in [1.54, 1.807) is 11.5 Å². The van der Waals surface area contributed by atoms with Gasteiger partial charge in [0.25, 0.3) is 0 Å². The number of aryl methyl sites for hydroxylation is 1. The normalized spacial score (nSPS) is 10.9. The fraction of sp³-hybridized carbons (Fsp3) is 0.167. The van der Waals surface area contributed by atoms with E-state index in [0.717, 1.165) is 11.9 Å². The number of hydrogen-bond acceptors (Lipinski definition) is 1. The molecule has 0 fully saturated rings. The zero-order valence-electron chi connectivity index (χ0n) is 11.8. The molecule has 0 atom stereocenters. The van der Waals surface area contributed by atoms with E-state index in [-0.39, 0.29) is 5.91 Å². The third-order valence-corrected chi connectivity index (χ3v) is 3.62. The highest BCUT2D eigenvalue weighted by atomic mass is 16.1. The number of aromatic nitrogens is 1. The summed E-state index contributed by atoms with van der Waals surface area (Å²) in [7, 11) is 0. The first-order valence-corrected chi connectivity index (χ1v) is 6.80. The van der Waals surface area contributed by atoms with E-state index in [9.17, 15) is 4.79 Å². The quantitative estimate of drug-likeness (QED) is 0.679. The molecule has 2 aromatic carbocycles. The van der Waals surface area contributed by atoms with Gasteiger partial charge in [-0.3, -0.25) is 9.36 Å². The lowest BCUT2D eigenvalue weighted by Crippen LogP contribution is -2.02. The lowest BCUT2D eigenvalue weighted by molar-refractivity contribution is 0.0941. The molecule has 0 radical (unpaired) electrons. The molecule has 0 saturated heterocycles. The van der Waals surface area contributed by atoms with Crippen molar-refractivity contribution >= 4 is 16.8 Å². The van der Waals surface area contributed by atoms with Crippen molar-refractivity contribution < 1.29 is 4.79 Å². The highest BCUT2D eigenvalue weighted by Gasteiger charge is 2.11. The van der Waals surface area contributed by atoms with Crippen LogP contribution < -0.4 is 0 Å². The number of carbonyl (C=O) groups excluding carboxylic acids is 1. The second-order valence-corrected chi connectivity index (χ2v) is 5.23. The lowest BCUT2D eigenvalue weighted by atomic mass is 10.0. The monoisotopic (exact) mass is 263 g/mol. The van der Waals surface area contributed by atoms with E-state index in [4.69, 9.17) is 0 Å². The first-order valence-electron chi connectivity index (χ1n) is 6.80. The van der Waals surface area contributed by atoms with Crippen molar-refractivity contribution in [2.45, 2.75) is 20.3 Å². The summed E-state index contributed by atoms with van der Waals surface area (Å²) in [5, 5.41) is 1.17. The predicted molar refractivity (Wildman–Crippen MR) is 82.2 cm³/mol. The van der Waals surface area contributed by atoms with Crippen LogP contribution in [0.2, 0.25) is 0 Å². The van der Waals surface area contributed by atoms with E-state index in [1.165, 1.54) is 22.1 Å². The highest BCUT2D eigenvalue weighted by molar-refractivity contribution is 5.94. The summed E-state index contributed by atoms with van der Waals surface area (Å²) in [5.74, 6) is 0.0539. The predicted octanol–water partition coefficient (Wildman–Crippen LogP) is 4.20. The lowest BCUT2D eigenvalue weighted by Gasteiger charge is -2.01. The average Bonchev–Trinajstić information content (AvgIpc) is 2.78. The number of rotatable bonds is 2. The number of fused-ring (bicyclic) bond motifs is 1. The van der Waals surface area contributed by atoms with E-state index >= 15 is 0 Å². The molecule has 0 bridgehead atoms. The molecule has 0 spiro atoms. The third kappa shape index (κ3) is 2.25. The molecule has 0 aliphatic heterocycles. The molecule has 1 aromatic heterocycles. The molecule has 2 heteroatoms. The van der Waals surface area contributed by atoms with Crippen LogP contribution in [-0.4, -0.2) is 10.5 Å². The van der Waals surface area contributed by atoms with Crippen LogP contribution in [0, 0.1) is 6.92 Å². The SMILES string of the molecule is CC(=O)n1cc(Cc2ccccc2)c2cc(C)ccc21. The first-order chi connectivity index (χ1) is 9.65. The highest BCUT2D eigenvalue weighted by Crippen LogP contribution is 2.25. The van der Waals surface area contributed by atoms with Gasteiger partial charge in [-0.1, -0.05) is 42.0 Å². The number of hydrogen-bond donors (Lipinski definition) is 0. The van der Waals surface area contributed by atoms with Gasteiger partial charge in [-0.15, -0.1) is 0 Å². The topological polar surface area (TPSA) is 22.0 Å². The Balaban J connectivity index is 2.15. The molecule has 2 nitrogen and oxygen atoms in total. The van der Waals surface area contributed by atoms with Crippen molar-refractivity contribution in [1.29, 1.82) is 0 Å². The van der Waals surface area contributed by atoms with E-state index in [1.807, 2.05) is 36.5 Å². The number of nitrogens with zero attached hydrogens (tertiary/aromatic N) is 1. The van der Waals surface area contributed by atoms with E-state index in [2.05, 4.69) is 25.1 Å². The molecule has 100 valence electrons. The van der Waals surface area contributed by atoms with Gasteiger partial charge in [0.15, 0.2) is 0 Å². The molecule has 0 aliphatic rings. The minimum absolute atomic E-state index is 0.0539. The molecule has 0 N–H and O–H groups in total. The van der Waals surface area contributed by atoms with Crippen LogP contribution in [0.3, 0.4) is 0 Å². The van der Waals surface area contributed by atoms with Gasteiger partial charge in [-0.2, -0.15) is 0 Å². The van der Waals surface area contributed by atoms with Crippen LogP contribution in [0.25, 0.3) is 10.9 Å². The second-order valence-electron chi connectivity index (χ2n) is 5.23.